The van der Waals surface area contributed by atoms with E-state index in [0.717, 1.165) is 44.9 Å². The number of nitrogen functional groups attached to an aromatic ring is 1. The number of para-hydroxylation sites is 1. The molecule has 0 spiro atoms. The number of nitrogens with one attached hydrogen (secondary N) is 1. The third-order valence-corrected chi connectivity index (χ3v) is 7.18. The summed E-state index contributed by atoms with van der Waals surface area (Å²) in [4.78, 5) is 16.4. The quantitative estimate of drug-likeness (QED) is 0.209. The number of nitrogens with two attached hydrogens (primary N) is 1. The van der Waals surface area contributed by atoms with Gasteiger partial charge in [0, 0.05) is 16.8 Å². The van der Waals surface area contributed by atoms with Crippen LogP contribution in [0.5, 0.6) is 0 Å². The maximum absolute atomic E-state index is 11.6. The second-order valence-electron chi connectivity index (χ2n) is 9.63. The average Bonchev–Trinajstić information content (AvgIpc) is 3.69. The minimum atomic E-state index is -0.743. The summed E-state index contributed by atoms with van der Waals surface area (Å²) in [6.45, 7) is 1.88. The fraction of sp³-hybridized carbons (Fsp3) is 0.129. The van der Waals surface area contributed by atoms with Gasteiger partial charge in [0.25, 0.3) is 0 Å². The normalized spacial score (nSPS) is 13.7. The SMILES string of the molecule is Cc1noc(-c2ccc(-c3ccc(C4(C(=O)O)CC4)cc3)cc2)c1Nc1cccc(-c2ccccc2N)n1. The molecule has 1 saturated carbocycles. The number of benzene rings is 3. The van der Waals surface area contributed by atoms with E-state index < -0.39 is 11.4 Å². The average molecular weight is 503 g/mol. The van der Waals surface area contributed by atoms with Crippen molar-refractivity contribution in [2.24, 2.45) is 0 Å². The van der Waals surface area contributed by atoms with E-state index in [1.54, 1.807) is 0 Å². The van der Waals surface area contributed by atoms with Gasteiger partial charge in [0.05, 0.1) is 11.1 Å². The number of hydrogen-bond donors (Lipinski definition) is 3. The maximum atomic E-state index is 11.6. The number of aromatic nitrogens is 2. The van der Waals surface area contributed by atoms with Crippen LogP contribution < -0.4 is 11.1 Å². The Bertz CT molecular complexity index is 1640. The predicted molar refractivity (Wildman–Crippen MR) is 148 cm³/mol. The van der Waals surface area contributed by atoms with Crippen molar-refractivity contribution in [2.75, 3.05) is 11.1 Å². The molecule has 0 bridgehead atoms. The summed E-state index contributed by atoms with van der Waals surface area (Å²) in [5, 5.41) is 17.1. The summed E-state index contributed by atoms with van der Waals surface area (Å²) in [6.07, 6.45) is 1.40. The van der Waals surface area contributed by atoms with Gasteiger partial charge in [-0.3, -0.25) is 4.79 Å². The molecule has 0 atom stereocenters. The zero-order chi connectivity index (χ0) is 26.3. The zero-order valence-corrected chi connectivity index (χ0v) is 20.8. The van der Waals surface area contributed by atoms with E-state index in [1.807, 2.05) is 97.9 Å². The molecule has 0 saturated heterocycles. The number of aliphatic carboxylic acids is 1. The first-order valence-electron chi connectivity index (χ1n) is 12.4. The fourth-order valence-electron chi connectivity index (χ4n) is 4.77. The molecule has 7 nitrogen and oxygen atoms in total. The molecule has 4 N–H and O–H groups in total. The van der Waals surface area contributed by atoms with Gasteiger partial charge in [-0.15, -0.1) is 0 Å². The van der Waals surface area contributed by atoms with Crippen molar-refractivity contribution < 1.29 is 14.4 Å². The van der Waals surface area contributed by atoms with Crippen LogP contribution in [0.15, 0.2) is 95.5 Å². The first-order chi connectivity index (χ1) is 18.4. The summed E-state index contributed by atoms with van der Waals surface area (Å²) in [5.41, 5.74) is 13.0. The number of rotatable bonds is 7. The van der Waals surface area contributed by atoms with Crippen molar-refractivity contribution in [3.05, 3.63) is 102 Å². The van der Waals surface area contributed by atoms with E-state index in [9.17, 15) is 9.90 Å². The molecule has 0 unspecified atom stereocenters. The number of anilines is 3. The minimum absolute atomic E-state index is 0.618. The van der Waals surface area contributed by atoms with Gasteiger partial charge in [0.1, 0.15) is 17.2 Å². The zero-order valence-electron chi connectivity index (χ0n) is 20.8. The molecule has 1 aliphatic rings. The summed E-state index contributed by atoms with van der Waals surface area (Å²) < 4.78 is 5.70. The third-order valence-electron chi connectivity index (χ3n) is 7.18. The van der Waals surface area contributed by atoms with Crippen LogP contribution in [-0.4, -0.2) is 21.2 Å². The highest BCUT2D eigenvalue weighted by Crippen LogP contribution is 2.48. The molecule has 0 amide bonds. The van der Waals surface area contributed by atoms with Crippen molar-refractivity contribution in [3.8, 4) is 33.7 Å². The summed E-state index contributed by atoms with van der Waals surface area (Å²) in [7, 11) is 0. The van der Waals surface area contributed by atoms with Crippen molar-refractivity contribution in [1.29, 1.82) is 0 Å². The van der Waals surface area contributed by atoms with Crippen molar-refractivity contribution >= 4 is 23.2 Å². The number of hydrogen-bond acceptors (Lipinski definition) is 6. The number of pyridine rings is 1. The van der Waals surface area contributed by atoms with Gasteiger partial charge in [-0.2, -0.15) is 0 Å². The summed E-state index contributed by atoms with van der Waals surface area (Å²) >= 11 is 0. The van der Waals surface area contributed by atoms with E-state index in [1.165, 1.54) is 0 Å². The number of nitrogens with zero attached hydrogens (tertiary/aromatic N) is 2. The molecule has 0 radical (unpaired) electrons. The lowest BCUT2D eigenvalue weighted by Crippen LogP contribution is -2.19. The van der Waals surface area contributed by atoms with Crippen LogP contribution in [0.25, 0.3) is 33.7 Å². The lowest BCUT2D eigenvalue weighted by atomic mass is 9.93. The van der Waals surface area contributed by atoms with Crippen LogP contribution >= 0.6 is 0 Å². The second kappa shape index (κ2) is 9.19. The Morgan fingerprint density at radius 1 is 0.895 bits per heavy atom. The molecule has 188 valence electrons. The van der Waals surface area contributed by atoms with Crippen LogP contribution in [0, 0.1) is 6.92 Å². The van der Waals surface area contributed by atoms with Crippen LogP contribution in [0.4, 0.5) is 17.2 Å². The van der Waals surface area contributed by atoms with Gasteiger partial charge < -0.3 is 20.7 Å². The molecular formula is C31H26N4O3. The van der Waals surface area contributed by atoms with Gasteiger partial charge >= 0.3 is 5.97 Å². The largest absolute Gasteiger partial charge is 0.481 e. The lowest BCUT2D eigenvalue weighted by molar-refractivity contribution is -0.140. The first kappa shape index (κ1) is 23.5. The molecule has 6 rings (SSSR count). The van der Waals surface area contributed by atoms with E-state index in [-0.39, 0.29) is 0 Å². The van der Waals surface area contributed by atoms with Crippen molar-refractivity contribution in [1.82, 2.24) is 10.1 Å². The number of carboxylic acids is 1. The summed E-state index contributed by atoms with van der Waals surface area (Å²) in [6, 6.07) is 29.2. The molecule has 0 aliphatic heterocycles. The van der Waals surface area contributed by atoms with Gasteiger partial charge in [0.15, 0.2) is 5.76 Å². The Morgan fingerprint density at radius 2 is 1.55 bits per heavy atom. The second-order valence-corrected chi connectivity index (χ2v) is 9.63. The monoisotopic (exact) mass is 502 g/mol. The minimum Gasteiger partial charge on any atom is -0.481 e. The number of aryl methyl sites for hydroxylation is 1. The smallest absolute Gasteiger partial charge is 0.314 e. The van der Waals surface area contributed by atoms with E-state index in [2.05, 4.69) is 10.5 Å². The molecule has 1 fully saturated rings. The van der Waals surface area contributed by atoms with Gasteiger partial charge in [-0.25, -0.2) is 4.98 Å². The Labute approximate surface area is 220 Å². The first-order valence-corrected chi connectivity index (χ1v) is 12.4. The molecule has 7 heteroatoms. The molecule has 2 heterocycles. The molecule has 5 aromatic rings. The van der Waals surface area contributed by atoms with Crippen molar-refractivity contribution in [3.63, 3.8) is 0 Å². The van der Waals surface area contributed by atoms with Crippen LogP contribution in [-0.2, 0) is 10.2 Å². The van der Waals surface area contributed by atoms with E-state index in [0.29, 0.717) is 30.1 Å². The van der Waals surface area contributed by atoms with Crippen LogP contribution in [0.3, 0.4) is 0 Å². The van der Waals surface area contributed by atoms with Crippen molar-refractivity contribution in [2.45, 2.75) is 25.2 Å². The lowest BCUT2D eigenvalue weighted by Gasteiger charge is -2.11. The highest BCUT2D eigenvalue weighted by atomic mass is 16.5. The van der Waals surface area contributed by atoms with Crippen LogP contribution in [0.2, 0.25) is 0 Å². The highest BCUT2D eigenvalue weighted by molar-refractivity contribution is 5.85. The van der Waals surface area contributed by atoms with Crippen LogP contribution in [0.1, 0.15) is 24.1 Å². The Kier molecular flexibility index (Phi) is 5.68. The Balaban J connectivity index is 1.25. The third kappa shape index (κ3) is 4.18. The molecular weight excluding hydrogens is 476 g/mol. The Hall–Kier alpha value is -4.91. The van der Waals surface area contributed by atoms with E-state index in [4.69, 9.17) is 15.2 Å². The van der Waals surface area contributed by atoms with Gasteiger partial charge in [-0.1, -0.05) is 78.0 Å². The highest BCUT2D eigenvalue weighted by Gasteiger charge is 2.51. The van der Waals surface area contributed by atoms with Gasteiger partial charge in [0.2, 0.25) is 0 Å². The molecule has 3 aromatic carbocycles. The Morgan fingerprint density at radius 3 is 2.21 bits per heavy atom. The number of carbonyl (C=O) groups is 1. The molecule has 38 heavy (non-hydrogen) atoms. The van der Waals surface area contributed by atoms with E-state index >= 15 is 0 Å². The predicted octanol–water partition coefficient (Wildman–Crippen LogP) is 6.82. The summed E-state index contributed by atoms with van der Waals surface area (Å²) in [5.74, 6) is 0.533. The fourth-order valence-corrected chi connectivity index (χ4v) is 4.77. The molecule has 2 aromatic heterocycles. The maximum Gasteiger partial charge on any atom is 0.314 e. The molecule has 1 aliphatic carbocycles. The standard InChI is InChI=1S/C31H26N4O3/c1-19-28(34-27-8-4-7-26(33-27)24-5-2-3-6-25(24)32)29(38-35-19)22-11-9-20(10-12-22)21-13-15-23(16-14-21)31(17-18-31)30(36)37/h2-16H,17-18,32H2,1H3,(H,33,34)(H,36,37). The topological polar surface area (TPSA) is 114 Å². The van der Waals surface area contributed by atoms with Gasteiger partial charge in [-0.05, 0) is 54.7 Å². The number of carboxylic acid groups (broad SMARTS) is 1.